The van der Waals surface area contributed by atoms with E-state index in [1.807, 2.05) is 12.1 Å². The van der Waals surface area contributed by atoms with Crippen molar-refractivity contribution in [1.82, 2.24) is 29.5 Å². The van der Waals surface area contributed by atoms with Gasteiger partial charge < -0.3 is 0 Å². The number of imidazole rings is 1. The van der Waals surface area contributed by atoms with Crippen LogP contribution in [-0.2, 0) is 0 Å². The molecule has 73 heavy (non-hydrogen) atoms. The summed E-state index contributed by atoms with van der Waals surface area (Å²) in [7, 11) is 0. The maximum Gasteiger partial charge on any atom is 0.160 e. The molecule has 3 aromatic heterocycles. The van der Waals surface area contributed by atoms with Crippen LogP contribution in [0.4, 0.5) is 0 Å². The van der Waals surface area contributed by atoms with Gasteiger partial charge in [0.1, 0.15) is 5.82 Å². The molecule has 11 aromatic carbocycles. The van der Waals surface area contributed by atoms with E-state index in [9.17, 15) is 0 Å². The molecule has 0 unspecified atom stereocenters. The summed E-state index contributed by atoms with van der Waals surface area (Å²) < 4.78 is 2.32. The van der Waals surface area contributed by atoms with Gasteiger partial charge in [-0.05, 0) is 86.9 Å². The van der Waals surface area contributed by atoms with Gasteiger partial charge in [-0.1, -0.05) is 200 Å². The van der Waals surface area contributed by atoms with E-state index in [2.05, 4.69) is 247 Å². The second-order valence-electron chi connectivity index (χ2n) is 18.5. The molecule has 6 heteroatoms. The summed E-state index contributed by atoms with van der Waals surface area (Å²) in [5, 5.41) is 9.15. The summed E-state index contributed by atoms with van der Waals surface area (Å²) in [5.41, 5.74) is 12.7. The predicted octanol–water partition coefficient (Wildman–Crippen LogP) is 16.9. The highest BCUT2D eigenvalue weighted by molar-refractivity contribution is 6.24. The van der Waals surface area contributed by atoms with Crippen molar-refractivity contribution in [3.63, 3.8) is 0 Å². The van der Waals surface area contributed by atoms with Gasteiger partial charge in [0.15, 0.2) is 11.6 Å². The molecule has 0 aliphatic carbocycles. The Morgan fingerprint density at radius 3 is 1.16 bits per heavy atom. The second kappa shape index (κ2) is 17.5. The fourth-order valence-electron chi connectivity index (χ4n) is 10.4. The molecule has 14 rings (SSSR count). The van der Waals surface area contributed by atoms with Crippen molar-refractivity contribution in [3.05, 3.63) is 255 Å². The lowest BCUT2D eigenvalue weighted by Crippen LogP contribution is -2.01. The Morgan fingerprint density at radius 1 is 0.247 bits per heavy atom. The van der Waals surface area contributed by atoms with Gasteiger partial charge in [0, 0.05) is 55.4 Å². The summed E-state index contributed by atoms with van der Waals surface area (Å²) >= 11 is 0. The second-order valence-corrected chi connectivity index (χ2v) is 18.5. The van der Waals surface area contributed by atoms with Gasteiger partial charge in [0.25, 0.3) is 0 Å². The van der Waals surface area contributed by atoms with Crippen LogP contribution in [0.3, 0.4) is 0 Å². The Labute approximate surface area is 421 Å². The zero-order valence-electron chi connectivity index (χ0n) is 39.4. The van der Waals surface area contributed by atoms with Crippen LogP contribution in [0.25, 0.3) is 139 Å². The molecule has 3 heterocycles. The predicted molar refractivity (Wildman–Crippen MR) is 300 cm³/mol. The quantitative estimate of drug-likeness (QED) is 0.142. The van der Waals surface area contributed by atoms with E-state index < -0.39 is 0 Å². The molecule has 0 amide bonds. The smallest absolute Gasteiger partial charge is 0.160 e. The first kappa shape index (κ1) is 42.0. The normalized spacial score (nSPS) is 11.6. The first-order valence-corrected chi connectivity index (χ1v) is 24.6. The third kappa shape index (κ3) is 7.57. The van der Waals surface area contributed by atoms with Crippen molar-refractivity contribution >= 4 is 54.1 Å². The van der Waals surface area contributed by atoms with Crippen molar-refractivity contribution in [2.75, 3.05) is 0 Å². The maximum atomic E-state index is 5.71. The van der Waals surface area contributed by atoms with Crippen molar-refractivity contribution < 1.29 is 0 Å². The molecule has 6 nitrogen and oxygen atoms in total. The van der Waals surface area contributed by atoms with Crippen LogP contribution >= 0.6 is 0 Å². The summed E-state index contributed by atoms with van der Waals surface area (Å²) in [6.45, 7) is 0. The number of hydrogen-bond acceptors (Lipinski definition) is 5. The van der Waals surface area contributed by atoms with Gasteiger partial charge in [-0.3, -0.25) is 4.57 Å². The molecule has 0 fully saturated rings. The third-order valence-corrected chi connectivity index (χ3v) is 13.9. The Balaban J connectivity index is 1.08. The zero-order valence-corrected chi connectivity index (χ0v) is 39.4. The molecule has 14 aromatic rings. The van der Waals surface area contributed by atoms with Crippen LogP contribution in [0.15, 0.2) is 255 Å². The van der Waals surface area contributed by atoms with E-state index in [0.29, 0.717) is 11.6 Å². The molecule has 0 bridgehead atoms. The number of nitrogens with zero attached hydrogens (tertiary/aromatic N) is 6. The molecular formula is C67H42N6. The number of aromatic nitrogens is 6. The Kier molecular flexibility index (Phi) is 10.1. The average molecular weight is 931 g/mol. The van der Waals surface area contributed by atoms with Crippen molar-refractivity contribution in [2.45, 2.75) is 0 Å². The average Bonchev–Trinajstić information content (AvgIpc) is 3.89. The van der Waals surface area contributed by atoms with Crippen LogP contribution in [0, 0.1) is 0 Å². The van der Waals surface area contributed by atoms with E-state index >= 15 is 0 Å². The first-order chi connectivity index (χ1) is 36.1. The van der Waals surface area contributed by atoms with Gasteiger partial charge >= 0.3 is 0 Å². The minimum atomic E-state index is 0.569. The molecular weight excluding hydrogens is 889 g/mol. The number of fused-ring (bicyclic) bond motifs is 8. The van der Waals surface area contributed by atoms with Crippen LogP contribution in [0.1, 0.15) is 0 Å². The van der Waals surface area contributed by atoms with Crippen molar-refractivity contribution in [1.29, 1.82) is 0 Å². The summed E-state index contributed by atoms with van der Waals surface area (Å²) in [6.07, 6.45) is 0. The van der Waals surface area contributed by atoms with E-state index in [1.54, 1.807) is 0 Å². The molecule has 0 aliphatic heterocycles. The van der Waals surface area contributed by atoms with E-state index in [1.165, 1.54) is 16.2 Å². The minimum absolute atomic E-state index is 0.569. The summed E-state index contributed by atoms with van der Waals surface area (Å²) in [5.74, 6) is 1.91. The van der Waals surface area contributed by atoms with Crippen LogP contribution < -0.4 is 0 Å². The Morgan fingerprint density at radius 2 is 0.644 bits per heavy atom. The van der Waals surface area contributed by atoms with Gasteiger partial charge in [-0.25, -0.2) is 24.9 Å². The molecule has 0 N–H and O–H groups in total. The number of rotatable bonds is 8. The van der Waals surface area contributed by atoms with Gasteiger partial charge in [-0.15, -0.1) is 0 Å². The Hall–Kier alpha value is -9.91. The molecule has 0 saturated carbocycles. The van der Waals surface area contributed by atoms with Crippen LogP contribution in [0.5, 0.6) is 0 Å². The maximum absolute atomic E-state index is 5.71. The lowest BCUT2D eigenvalue weighted by atomic mass is 10.00. The largest absolute Gasteiger partial charge is 0.292 e. The monoisotopic (exact) mass is 930 g/mol. The number of benzene rings is 11. The SMILES string of the molecule is c1ccc(-c2cc(-c3ccc4ccccc4c3)nc(-c3cc(-c4nc(-c5ccccc5)cc(-c5ccc6ccccc6c5)n4)cc(-c4nc5c6ccccc6c6ccccc6c5n4-c4ccccc4)c3)n2)cc1. The summed E-state index contributed by atoms with van der Waals surface area (Å²) in [6, 6.07) is 89.2. The van der Waals surface area contributed by atoms with Gasteiger partial charge in [0.2, 0.25) is 0 Å². The van der Waals surface area contributed by atoms with E-state index in [4.69, 9.17) is 24.9 Å². The standard InChI is InChI=1S/C67H42N6/c1-4-20-45(21-5-1)59-41-61(49-34-32-43-18-10-12-24-47(43)36-49)70-65(68-59)51-38-52(66-69-60(46-22-6-2-7-23-46)42-62(71-66)50-35-33-44-19-11-13-25-48(44)37-50)40-53(39-51)67-72-63-57-30-16-14-28-55(57)56-29-15-17-31-58(56)64(63)73(67)54-26-8-3-9-27-54/h1-42H. The molecule has 0 radical (unpaired) electrons. The molecule has 0 spiro atoms. The van der Waals surface area contributed by atoms with Crippen LogP contribution in [-0.4, -0.2) is 29.5 Å². The van der Waals surface area contributed by atoms with E-state index in [0.717, 1.165) is 111 Å². The number of para-hydroxylation sites is 1. The lowest BCUT2D eigenvalue weighted by molar-refractivity contribution is 1.10. The highest BCUT2D eigenvalue weighted by Gasteiger charge is 2.23. The van der Waals surface area contributed by atoms with Gasteiger partial charge in [-0.2, -0.15) is 0 Å². The summed E-state index contributed by atoms with van der Waals surface area (Å²) in [4.78, 5) is 27.5. The van der Waals surface area contributed by atoms with Crippen molar-refractivity contribution in [3.8, 4) is 84.9 Å². The minimum Gasteiger partial charge on any atom is -0.292 e. The fraction of sp³-hybridized carbons (Fsp3) is 0. The fourth-order valence-corrected chi connectivity index (χ4v) is 10.4. The molecule has 0 atom stereocenters. The van der Waals surface area contributed by atoms with Gasteiger partial charge in [0.05, 0.1) is 33.8 Å². The van der Waals surface area contributed by atoms with E-state index in [-0.39, 0.29) is 0 Å². The highest BCUT2D eigenvalue weighted by atomic mass is 15.1. The zero-order chi connectivity index (χ0) is 48.2. The number of hydrogen-bond donors (Lipinski definition) is 0. The molecule has 0 saturated heterocycles. The first-order valence-electron chi connectivity index (χ1n) is 24.6. The lowest BCUT2D eigenvalue weighted by Gasteiger charge is -2.15. The third-order valence-electron chi connectivity index (χ3n) is 13.9. The highest BCUT2D eigenvalue weighted by Crippen LogP contribution is 2.42. The molecule has 0 aliphatic rings. The van der Waals surface area contributed by atoms with Crippen molar-refractivity contribution in [2.24, 2.45) is 0 Å². The topological polar surface area (TPSA) is 69.4 Å². The Bertz CT molecular complexity index is 4250. The van der Waals surface area contributed by atoms with Crippen LogP contribution in [0.2, 0.25) is 0 Å². The molecule has 340 valence electrons.